The van der Waals surface area contributed by atoms with Gasteiger partial charge in [0, 0.05) is 0 Å². The number of rotatable bonds is 8. The lowest BCUT2D eigenvalue weighted by atomic mass is 9.76. The van der Waals surface area contributed by atoms with Gasteiger partial charge in [0.25, 0.3) is 0 Å². The highest BCUT2D eigenvalue weighted by molar-refractivity contribution is 6.06. The zero-order valence-electron chi connectivity index (χ0n) is 14.9. The highest BCUT2D eigenvalue weighted by Gasteiger charge is 2.56. The van der Waals surface area contributed by atoms with Crippen molar-refractivity contribution in [1.29, 1.82) is 0 Å². The first-order chi connectivity index (χ1) is 11.4. The highest BCUT2D eigenvalue weighted by atomic mass is 16.6. The zero-order chi connectivity index (χ0) is 18.3. The molecule has 0 aliphatic heterocycles. The van der Waals surface area contributed by atoms with E-state index in [9.17, 15) is 9.59 Å². The van der Waals surface area contributed by atoms with Crippen LogP contribution in [0.1, 0.15) is 33.5 Å². The summed E-state index contributed by atoms with van der Waals surface area (Å²) in [4.78, 5) is 33.8. The van der Waals surface area contributed by atoms with E-state index >= 15 is 0 Å². The van der Waals surface area contributed by atoms with Gasteiger partial charge in [-0.25, -0.2) is 0 Å². The maximum Gasteiger partial charge on any atom is 0.331 e. The van der Waals surface area contributed by atoms with Crippen molar-refractivity contribution < 1.29 is 28.5 Å². The zero-order valence-corrected chi connectivity index (χ0v) is 14.9. The molecule has 0 radical (unpaired) electrons. The molecule has 24 heavy (non-hydrogen) atoms. The molecule has 0 bridgehead atoms. The van der Waals surface area contributed by atoms with E-state index in [2.05, 4.69) is 9.97 Å². The van der Waals surface area contributed by atoms with Crippen LogP contribution in [0.2, 0.25) is 0 Å². The Kier molecular flexibility index (Phi) is 6.94. The molecule has 134 valence electrons. The van der Waals surface area contributed by atoms with Crippen molar-refractivity contribution in [1.82, 2.24) is 9.97 Å². The summed E-state index contributed by atoms with van der Waals surface area (Å²) < 4.78 is 20.5. The molecule has 8 nitrogen and oxygen atoms in total. The number of ether oxygens (including phenoxy) is 4. The van der Waals surface area contributed by atoms with Gasteiger partial charge in [0.05, 0.1) is 33.5 Å². The molecule has 1 aromatic heterocycles. The summed E-state index contributed by atoms with van der Waals surface area (Å²) in [5.74, 6) is -1.81. The predicted octanol–water partition coefficient (Wildman–Crippen LogP) is 1.51. The van der Waals surface area contributed by atoms with Crippen LogP contribution in [-0.4, -0.2) is 49.3 Å². The van der Waals surface area contributed by atoms with Crippen LogP contribution in [0.5, 0.6) is 11.8 Å². The van der Waals surface area contributed by atoms with E-state index in [0.717, 1.165) is 0 Å². The van der Waals surface area contributed by atoms with E-state index in [1.54, 1.807) is 27.7 Å². The van der Waals surface area contributed by atoms with Gasteiger partial charge in [0.2, 0.25) is 17.2 Å². The summed E-state index contributed by atoms with van der Waals surface area (Å²) in [7, 11) is 2.83. The van der Waals surface area contributed by atoms with E-state index in [1.807, 2.05) is 0 Å². The maximum absolute atomic E-state index is 12.7. The van der Waals surface area contributed by atoms with Crippen LogP contribution in [0.3, 0.4) is 0 Å². The van der Waals surface area contributed by atoms with Crippen molar-refractivity contribution in [2.24, 2.45) is 5.92 Å². The molecule has 0 saturated carbocycles. The number of esters is 2. The van der Waals surface area contributed by atoms with Crippen LogP contribution in [-0.2, 0) is 24.5 Å². The largest absolute Gasteiger partial charge is 0.481 e. The van der Waals surface area contributed by atoms with E-state index in [4.69, 9.17) is 18.9 Å². The van der Waals surface area contributed by atoms with Crippen LogP contribution in [0.15, 0.2) is 6.07 Å². The molecule has 0 atom stereocenters. The van der Waals surface area contributed by atoms with E-state index < -0.39 is 23.3 Å². The monoisotopic (exact) mass is 340 g/mol. The fourth-order valence-electron chi connectivity index (χ4n) is 2.27. The quantitative estimate of drug-likeness (QED) is 0.519. The fraction of sp³-hybridized carbons (Fsp3) is 0.625. The van der Waals surface area contributed by atoms with E-state index in [0.29, 0.717) is 0 Å². The molecule has 0 fully saturated rings. The first kappa shape index (κ1) is 19.7. The molecular weight excluding hydrogens is 316 g/mol. The van der Waals surface area contributed by atoms with E-state index in [1.165, 1.54) is 20.3 Å². The first-order valence-electron chi connectivity index (χ1n) is 7.70. The summed E-state index contributed by atoms with van der Waals surface area (Å²) in [5.41, 5.74) is -1.81. The second kappa shape index (κ2) is 8.47. The minimum Gasteiger partial charge on any atom is -0.481 e. The van der Waals surface area contributed by atoms with Gasteiger partial charge in [-0.2, -0.15) is 9.97 Å². The molecule has 0 aromatic carbocycles. The maximum atomic E-state index is 12.7. The molecule has 1 heterocycles. The van der Waals surface area contributed by atoms with Crippen molar-refractivity contribution in [3.63, 3.8) is 0 Å². The lowest BCUT2D eigenvalue weighted by molar-refractivity contribution is -0.168. The smallest absolute Gasteiger partial charge is 0.331 e. The summed E-state index contributed by atoms with van der Waals surface area (Å²) in [6.45, 7) is 6.91. The molecule has 8 heteroatoms. The molecule has 1 rings (SSSR count). The summed E-state index contributed by atoms with van der Waals surface area (Å²) in [5, 5.41) is 0. The average Bonchev–Trinajstić information content (AvgIpc) is 2.55. The van der Waals surface area contributed by atoms with Gasteiger partial charge in [-0.3, -0.25) is 9.59 Å². The van der Waals surface area contributed by atoms with Crippen LogP contribution in [0.4, 0.5) is 0 Å². The van der Waals surface area contributed by atoms with Crippen molar-refractivity contribution in [2.45, 2.75) is 33.1 Å². The van der Waals surface area contributed by atoms with Crippen LogP contribution in [0, 0.1) is 5.92 Å². The number of carbonyl (C=O) groups is 2. The lowest BCUT2D eigenvalue weighted by Crippen LogP contribution is -2.51. The number of carbonyl (C=O) groups excluding carboxylic acids is 2. The van der Waals surface area contributed by atoms with E-state index in [-0.39, 0.29) is 30.8 Å². The lowest BCUT2D eigenvalue weighted by Gasteiger charge is -2.31. The Morgan fingerprint density at radius 3 is 1.71 bits per heavy atom. The molecule has 1 aromatic rings. The van der Waals surface area contributed by atoms with Crippen LogP contribution < -0.4 is 9.47 Å². The Hall–Kier alpha value is -2.38. The molecule has 0 saturated heterocycles. The van der Waals surface area contributed by atoms with Crippen molar-refractivity contribution in [2.75, 3.05) is 27.4 Å². The van der Waals surface area contributed by atoms with Gasteiger partial charge in [-0.05, 0) is 19.8 Å². The third-order valence-electron chi connectivity index (χ3n) is 3.51. The molecule has 0 N–H and O–H groups in total. The minimum atomic E-state index is -1.81. The Balaban J connectivity index is 3.67. The standard InChI is InChI=1S/C16H24N2O6/c1-7-23-14(19)16(10(3)4,15(20)24-8-2)13-17-11(21-5)9-12(18-13)22-6/h9-10H,7-8H2,1-6H3. The Morgan fingerprint density at radius 1 is 1.00 bits per heavy atom. The van der Waals surface area contributed by atoms with Gasteiger partial charge in [-0.1, -0.05) is 13.8 Å². The number of hydrogen-bond acceptors (Lipinski definition) is 8. The third kappa shape index (κ3) is 3.58. The molecule has 0 amide bonds. The number of hydrogen-bond donors (Lipinski definition) is 0. The number of nitrogens with zero attached hydrogens (tertiary/aromatic N) is 2. The van der Waals surface area contributed by atoms with Crippen LogP contribution >= 0.6 is 0 Å². The summed E-state index contributed by atoms with van der Waals surface area (Å²) in [6, 6.07) is 1.45. The molecular formula is C16H24N2O6. The average molecular weight is 340 g/mol. The van der Waals surface area contributed by atoms with Gasteiger partial charge < -0.3 is 18.9 Å². The van der Waals surface area contributed by atoms with Gasteiger partial charge in [-0.15, -0.1) is 0 Å². The van der Waals surface area contributed by atoms with Crippen molar-refractivity contribution >= 4 is 11.9 Å². The molecule has 0 aliphatic carbocycles. The molecule has 0 unspecified atom stereocenters. The Morgan fingerprint density at radius 2 is 1.42 bits per heavy atom. The van der Waals surface area contributed by atoms with Crippen molar-refractivity contribution in [3.05, 3.63) is 11.9 Å². The third-order valence-corrected chi connectivity index (χ3v) is 3.51. The molecule has 0 spiro atoms. The topological polar surface area (TPSA) is 96.8 Å². The fourth-order valence-corrected chi connectivity index (χ4v) is 2.27. The number of aromatic nitrogens is 2. The second-order valence-corrected chi connectivity index (χ2v) is 5.18. The minimum absolute atomic E-state index is 0.0781. The van der Waals surface area contributed by atoms with Gasteiger partial charge in [0.15, 0.2) is 5.82 Å². The Bertz CT molecular complexity index is 548. The number of methoxy groups -OCH3 is 2. The Labute approximate surface area is 141 Å². The summed E-state index contributed by atoms with van der Waals surface area (Å²) in [6.07, 6.45) is 0. The highest BCUT2D eigenvalue weighted by Crippen LogP contribution is 2.35. The first-order valence-corrected chi connectivity index (χ1v) is 7.70. The van der Waals surface area contributed by atoms with Gasteiger partial charge in [0.1, 0.15) is 0 Å². The van der Waals surface area contributed by atoms with Crippen LogP contribution in [0.25, 0.3) is 0 Å². The second-order valence-electron chi connectivity index (χ2n) is 5.18. The van der Waals surface area contributed by atoms with Crippen molar-refractivity contribution in [3.8, 4) is 11.8 Å². The van der Waals surface area contributed by atoms with Gasteiger partial charge >= 0.3 is 11.9 Å². The normalized spacial score (nSPS) is 11.1. The molecule has 0 aliphatic rings. The summed E-state index contributed by atoms with van der Waals surface area (Å²) >= 11 is 0. The SMILES string of the molecule is CCOC(=O)C(C(=O)OCC)(c1nc(OC)cc(OC)n1)C(C)C. The predicted molar refractivity (Wildman–Crippen MR) is 84.9 cm³/mol.